The molecular weight excluding hydrogens is 202 g/mol. The molecule has 0 aromatic heterocycles. The number of piperidine rings is 2. The van der Waals surface area contributed by atoms with Crippen molar-refractivity contribution in [2.75, 3.05) is 26.7 Å². The van der Waals surface area contributed by atoms with Crippen molar-refractivity contribution in [1.29, 1.82) is 0 Å². The predicted octanol–water partition coefficient (Wildman–Crippen LogP) is 0.339. The van der Waals surface area contributed by atoms with Gasteiger partial charge in [-0.25, -0.2) is 0 Å². The van der Waals surface area contributed by atoms with E-state index in [1.54, 1.807) is 0 Å². The average molecular weight is 225 g/mol. The largest absolute Gasteiger partial charge is 0.351 e. The van der Waals surface area contributed by atoms with E-state index in [1.165, 1.54) is 19.3 Å². The minimum absolute atomic E-state index is 0.0565. The van der Waals surface area contributed by atoms with Crippen molar-refractivity contribution >= 4 is 5.91 Å². The first-order valence-corrected chi connectivity index (χ1v) is 6.48. The Bertz CT molecular complexity index is 238. The van der Waals surface area contributed by atoms with E-state index in [-0.39, 0.29) is 11.9 Å². The molecule has 0 aliphatic carbocycles. The van der Waals surface area contributed by atoms with E-state index < -0.39 is 0 Å². The van der Waals surface area contributed by atoms with E-state index in [4.69, 9.17) is 0 Å². The zero-order valence-electron chi connectivity index (χ0n) is 10.2. The highest BCUT2D eigenvalue weighted by molar-refractivity contribution is 5.82. The fraction of sp³-hybridized carbons (Fsp3) is 0.917. The van der Waals surface area contributed by atoms with Gasteiger partial charge in [0.1, 0.15) is 0 Å². The summed E-state index contributed by atoms with van der Waals surface area (Å²) >= 11 is 0. The van der Waals surface area contributed by atoms with Gasteiger partial charge >= 0.3 is 0 Å². The maximum atomic E-state index is 12.0. The van der Waals surface area contributed by atoms with Crippen LogP contribution >= 0.6 is 0 Å². The predicted molar refractivity (Wildman–Crippen MR) is 64.3 cm³/mol. The van der Waals surface area contributed by atoms with E-state index in [0.717, 1.165) is 32.5 Å². The lowest BCUT2D eigenvalue weighted by molar-refractivity contribution is -0.124. The van der Waals surface area contributed by atoms with Gasteiger partial charge in [0.15, 0.2) is 0 Å². The highest BCUT2D eigenvalue weighted by atomic mass is 16.2. The number of carbonyl (C=O) groups excluding carboxylic acids is 1. The molecule has 4 heteroatoms. The molecule has 4 nitrogen and oxygen atoms in total. The van der Waals surface area contributed by atoms with Crippen LogP contribution in [0.15, 0.2) is 0 Å². The molecule has 92 valence electrons. The molecule has 16 heavy (non-hydrogen) atoms. The number of likely N-dealkylation sites (tertiary alicyclic amines) is 1. The second-order valence-corrected chi connectivity index (χ2v) is 5.11. The Morgan fingerprint density at radius 3 is 2.88 bits per heavy atom. The quantitative estimate of drug-likeness (QED) is 0.712. The molecule has 0 bridgehead atoms. The van der Waals surface area contributed by atoms with Gasteiger partial charge in [0.2, 0.25) is 5.91 Å². The van der Waals surface area contributed by atoms with Crippen molar-refractivity contribution in [3.05, 3.63) is 0 Å². The van der Waals surface area contributed by atoms with Crippen LogP contribution < -0.4 is 10.6 Å². The molecule has 2 N–H and O–H groups in total. The van der Waals surface area contributed by atoms with Gasteiger partial charge in [-0.3, -0.25) is 4.79 Å². The first kappa shape index (κ1) is 11.9. The normalized spacial score (nSPS) is 32.3. The molecule has 2 fully saturated rings. The molecule has 2 rings (SSSR count). The Balaban J connectivity index is 1.77. The van der Waals surface area contributed by atoms with Gasteiger partial charge < -0.3 is 15.5 Å². The van der Waals surface area contributed by atoms with E-state index in [2.05, 4.69) is 22.6 Å². The summed E-state index contributed by atoms with van der Waals surface area (Å²) in [5.74, 6) is 0.208. The van der Waals surface area contributed by atoms with Crippen LogP contribution in [0.2, 0.25) is 0 Å². The third-order valence-electron chi connectivity index (χ3n) is 3.60. The number of rotatable bonds is 2. The van der Waals surface area contributed by atoms with Crippen molar-refractivity contribution < 1.29 is 4.79 Å². The molecule has 0 spiro atoms. The van der Waals surface area contributed by atoms with Gasteiger partial charge in [-0.2, -0.15) is 0 Å². The molecule has 2 saturated heterocycles. The van der Waals surface area contributed by atoms with E-state index >= 15 is 0 Å². The second-order valence-electron chi connectivity index (χ2n) is 5.11. The monoisotopic (exact) mass is 225 g/mol. The maximum absolute atomic E-state index is 12.0. The summed E-state index contributed by atoms with van der Waals surface area (Å²) in [6.45, 7) is 3.15. The molecule has 1 unspecified atom stereocenters. The number of nitrogens with one attached hydrogen (secondary N) is 2. The minimum Gasteiger partial charge on any atom is -0.351 e. The highest BCUT2D eigenvalue weighted by Crippen LogP contribution is 2.10. The standard InChI is InChI=1S/C12H23N3O/c1-15-8-4-5-10(9-15)14-12(16)11-6-2-3-7-13-11/h10-11,13H,2-9H2,1H3,(H,14,16)/t10?,11-/m1/s1. The number of hydrogen-bond donors (Lipinski definition) is 2. The van der Waals surface area contributed by atoms with Crippen LogP contribution in [-0.4, -0.2) is 49.6 Å². The van der Waals surface area contributed by atoms with Crippen LogP contribution in [0.1, 0.15) is 32.1 Å². The maximum Gasteiger partial charge on any atom is 0.237 e. The minimum atomic E-state index is 0.0565. The molecule has 2 heterocycles. The van der Waals surface area contributed by atoms with Gasteiger partial charge in [0.05, 0.1) is 6.04 Å². The number of likely N-dealkylation sites (N-methyl/N-ethyl adjacent to an activating group) is 1. The molecular formula is C12H23N3O. The van der Waals surface area contributed by atoms with Crippen molar-refractivity contribution in [2.24, 2.45) is 0 Å². The van der Waals surface area contributed by atoms with Crippen molar-refractivity contribution in [3.8, 4) is 0 Å². The van der Waals surface area contributed by atoms with Gasteiger partial charge in [-0.1, -0.05) is 6.42 Å². The Kier molecular flexibility index (Phi) is 4.18. The summed E-state index contributed by atoms with van der Waals surface area (Å²) in [5.41, 5.74) is 0. The van der Waals surface area contributed by atoms with Crippen LogP contribution in [0, 0.1) is 0 Å². The third-order valence-corrected chi connectivity index (χ3v) is 3.60. The molecule has 0 radical (unpaired) electrons. The summed E-state index contributed by atoms with van der Waals surface area (Å²) in [6, 6.07) is 0.413. The number of nitrogens with zero attached hydrogens (tertiary/aromatic N) is 1. The molecule has 2 aliphatic heterocycles. The Hall–Kier alpha value is -0.610. The van der Waals surface area contributed by atoms with Gasteiger partial charge in [0, 0.05) is 12.6 Å². The first-order valence-electron chi connectivity index (χ1n) is 6.48. The van der Waals surface area contributed by atoms with Gasteiger partial charge in [-0.05, 0) is 45.8 Å². The fourth-order valence-electron chi connectivity index (χ4n) is 2.66. The Morgan fingerprint density at radius 2 is 2.19 bits per heavy atom. The van der Waals surface area contributed by atoms with Crippen molar-refractivity contribution in [2.45, 2.75) is 44.2 Å². The van der Waals surface area contributed by atoms with Gasteiger partial charge in [-0.15, -0.1) is 0 Å². The lowest BCUT2D eigenvalue weighted by Gasteiger charge is -2.32. The van der Waals surface area contributed by atoms with Crippen molar-refractivity contribution in [1.82, 2.24) is 15.5 Å². The smallest absolute Gasteiger partial charge is 0.237 e. The van der Waals surface area contributed by atoms with E-state index in [1.807, 2.05) is 0 Å². The summed E-state index contributed by atoms with van der Waals surface area (Å²) in [5, 5.41) is 6.47. The van der Waals surface area contributed by atoms with Crippen molar-refractivity contribution in [3.63, 3.8) is 0 Å². The summed E-state index contributed by atoms with van der Waals surface area (Å²) in [4.78, 5) is 14.3. The van der Waals surface area contributed by atoms with Crippen LogP contribution in [0.5, 0.6) is 0 Å². The summed E-state index contributed by atoms with van der Waals surface area (Å²) < 4.78 is 0. The summed E-state index contributed by atoms with van der Waals surface area (Å²) in [6.07, 6.45) is 5.70. The molecule has 1 amide bonds. The van der Waals surface area contributed by atoms with Gasteiger partial charge in [0.25, 0.3) is 0 Å². The summed E-state index contributed by atoms with van der Waals surface area (Å²) in [7, 11) is 2.12. The zero-order valence-corrected chi connectivity index (χ0v) is 10.2. The van der Waals surface area contributed by atoms with E-state index in [0.29, 0.717) is 6.04 Å². The van der Waals surface area contributed by atoms with E-state index in [9.17, 15) is 4.79 Å². The molecule has 0 aromatic carbocycles. The Morgan fingerprint density at radius 1 is 1.31 bits per heavy atom. The molecule has 2 aliphatic rings. The van der Waals surface area contributed by atoms with Crippen LogP contribution in [0.4, 0.5) is 0 Å². The number of amides is 1. The fourth-order valence-corrected chi connectivity index (χ4v) is 2.66. The highest BCUT2D eigenvalue weighted by Gasteiger charge is 2.24. The first-order chi connectivity index (χ1) is 7.75. The van der Waals surface area contributed by atoms with Crippen LogP contribution in [-0.2, 0) is 4.79 Å². The third kappa shape index (κ3) is 3.19. The lowest BCUT2D eigenvalue weighted by atomic mass is 10.0. The number of carbonyl (C=O) groups is 1. The van der Waals surface area contributed by atoms with Crippen LogP contribution in [0.25, 0.3) is 0 Å². The molecule has 0 saturated carbocycles. The zero-order chi connectivity index (χ0) is 11.4. The SMILES string of the molecule is CN1CCCC(NC(=O)[C@H]2CCCCN2)C1. The average Bonchev–Trinajstić information content (AvgIpc) is 2.30. The van der Waals surface area contributed by atoms with Crippen LogP contribution in [0.3, 0.4) is 0 Å². The lowest BCUT2D eigenvalue weighted by Crippen LogP contribution is -2.53. The molecule has 0 aromatic rings. The number of hydrogen-bond acceptors (Lipinski definition) is 3. The second kappa shape index (κ2) is 5.64. The Labute approximate surface area is 97.8 Å². The topological polar surface area (TPSA) is 44.4 Å². The molecule has 2 atom stereocenters.